The Bertz CT molecular complexity index is 606. The van der Waals surface area contributed by atoms with Crippen molar-refractivity contribution in [2.24, 2.45) is 11.7 Å². The summed E-state index contributed by atoms with van der Waals surface area (Å²) in [4.78, 5) is 26.7. The average molecular weight is 343 g/mol. The van der Waals surface area contributed by atoms with Crippen LogP contribution in [0.15, 0.2) is 24.3 Å². The lowest BCUT2D eigenvalue weighted by Gasteiger charge is -2.32. The van der Waals surface area contributed by atoms with Gasteiger partial charge >= 0.3 is 0 Å². The third-order valence-corrected chi connectivity index (χ3v) is 5.61. The molecule has 0 unspecified atom stereocenters. The van der Waals surface area contributed by atoms with Gasteiger partial charge in [-0.15, -0.1) is 0 Å². The van der Waals surface area contributed by atoms with Gasteiger partial charge in [-0.2, -0.15) is 0 Å². The van der Waals surface area contributed by atoms with Crippen molar-refractivity contribution in [3.05, 3.63) is 35.4 Å². The van der Waals surface area contributed by atoms with Crippen molar-refractivity contribution in [3.63, 3.8) is 0 Å². The number of nitrogens with zero attached hydrogens (tertiary/aromatic N) is 1. The molecular weight excluding hydrogens is 314 g/mol. The largest absolute Gasteiger partial charge is 0.353 e. The maximum absolute atomic E-state index is 12.5. The molecule has 25 heavy (non-hydrogen) atoms. The van der Waals surface area contributed by atoms with E-state index in [9.17, 15) is 9.59 Å². The number of aryl methyl sites for hydroxylation is 1. The molecule has 2 amide bonds. The third kappa shape index (κ3) is 4.60. The summed E-state index contributed by atoms with van der Waals surface area (Å²) in [6, 6.07) is 8.06. The van der Waals surface area contributed by atoms with Crippen molar-refractivity contribution >= 4 is 11.8 Å². The Morgan fingerprint density at radius 3 is 2.40 bits per heavy atom. The summed E-state index contributed by atoms with van der Waals surface area (Å²) in [6.45, 7) is 3.40. The second-order valence-corrected chi connectivity index (χ2v) is 7.56. The van der Waals surface area contributed by atoms with Gasteiger partial charge in [0, 0.05) is 37.2 Å². The Hall–Kier alpha value is -1.88. The van der Waals surface area contributed by atoms with E-state index < -0.39 is 0 Å². The van der Waals surface area contributed by atoms with Gasteiger partial charge in [0.2, 0.25) is 5.91 Å². The van der Waals surface area contributed by atoms with E-state index in [-0.39, 0.29) is 23.9 Å². The molecule has 1 aromatic carbocycles. The van der Waals surface area contributed by atoms with Gasteiger partial charge in [-0.1, -0.05) is 24.1 Å². The van der Waals surface area contributed by atoms with Crippen molar-refractivity contribution in [1.29, 1.82) is 0 Å². The first kappa shape index (κ1) is 17.9. The van der Waals surface area contributed by atoms with Gasteiger partial charge in [-0.3, -0.25) is 9.59 Å². The number of hydrogen-bond donors (Lipinski definition) is 2. The number of nitrogens with two attached hydrogens (primary N) is 1. The van der Waals surface area contributed by atoms with Crippen LogP contribution in [0, 0.1) is 12.8 Å². The monoisotopic (exact) mass is 343 g/mol. The minimum absolute atomic E-state index is 0.0849. The number of hydrogen-bond acceptors (Lipinski definition) is 3. The molecule has 1 aliphatic carbocycles. The minimum atomic E-state index is 0.0849. The summed E-state index contributed by atoms with van der Waals surface area (Å²) < 4.78 is 0. The smallest absolute Gasteiger partial charge is 0.253 e. The molecule has 5 nitrogen and oxygen atoms in total. The number of piperidine rings is 1. The van der Waals surface area contributed by atoms with E-state index >= 15 is 0 Å². The maximum atomic E-state index is 12.5. The normalized spacial score (nSPS) is 24.3. The van der Waals surface area contributed by atoms with Crippen LogP contribution < -0.4 is 11.1 Å². The molecule has 2 atom stereocenters. The van der Waals surface area contributed by atoms with Crippen LogP contribution in [0.3, 0.4) is 0 Å². The van der Waals surface area contributed by atoms with E-state index in [1.54, 1.807) is 0 Å². The van der Waals surface area contributed by atoms with E-state index in [2.05, 4.69) is 5.32 Å². The summed E-state index contributed by atoms with van der Waals surface area (Å²) in [5.74, 6) is 0.538. The van der Waals surface area contributed by atoms with E-state index in [1.165, 1.54) is 0 Å². The zero-order chi connectivity index (χ0) is 17.8. The molecule has 1 heterocycles. The Morgan fingerprint density at radius 2 is 1.80 bits per heavy atom. The highest BCUT2D eigenvalue weighted by molar-refractivity contribution is 5.94. The third-order valence-electron chi connectivity index (χ3n) is 5.61. The first-order valence-electron chi connectivity index (χ1n) is 9.44. The zero-order valence-electron chi connectivity index (χ0n) is 15.0. The molecule has 1 saturated heterocycles. The van der Waals surface area contributed by atoms with Gasteiger partial charge in [0.15, 0.2) is 0 Å². The average Bonchev–Trinajstić information content (AvgIpc) is 3.00. The topological polar surface area (TPSA) is 75.4 Å². The second-order valence-electron chi connectivity index (χ2n) is 7.56. The van der Waals surface area contributed by atoms with Crippen LogP contribution in [0.2, 0.25) is 0 Å². The van der Waals surface area contributed by atoms with Crippen LogP contribution in [0.4, 0.5) is 0 Å². The molecule has 136 valence electrons. The highest BCUT2D eigenvalue weighted by atomic mass is 16.2. The molecule has 1 aromatic rings. The van der Waals surface area contributed by atoms with E-state index in [4.69, 9.17) is 5.73 Å². The highest BCUT2D eigenvalue weighted by Gasteiger charge is 2.28. The Morgan fingerprint density at radius 1 is 1.12 bits per heavy atom. The van der Waals surface area contributed by atoms with Gasteiger partial charge in [0.1, 0.15) is 0 Å². The van der Waals surface area contributed by atoms with E-state index in [0.29, 0.717) is 25.4 Å². The molecule has 0 spiro atoms. The molecule has 5 heteroatoms. The van der Waals surface area contributed by atoms with Crippen molar-refractivity contribution in [1.82, 2.24) is 10.2 Å². The first-order valence-corrected chi connectivity index (χ1v) is 9.44. The minimum Gasteiger partial charge on any atom is -0.353 e. The molecule has 0 bridgehead atoms. The fourth-order valence-electron chi connectivity index (χ4n) is 3.95. The number of nitrogens with one attached hydrogen (secondary N) is 1. The Balaban J connectivity index is 1.44. The van der Waals surface area contributed by atoms with Crippen LogP contribution in [0.1, 0.15) is 54.4 Å². The molecule has 0 radical (unpaired) electrons. The lowest BCUT2D eigenvalue weighted by molar-refractivity contribution is -0.123. The fraction of sp³-hybridized carbons (Fsp3) is 0.600. The molecule has 3 N–H and O–H groups in total. The van der Waals surface area contributed by atoms with Gasteiger partial charge < -0.3 is 16.0 Å². The summed E-state index contributed by atoms with van der Waals surface area (Å²) >= 11 is 0. The van der Waals surface area contributed by atoms with Gasteiger partial charge in [-0.25, -0.2) is 0 Å². The van der Waals surface area contributed by atoms with Crippen LogP contribution in [0.5, 0.6) is 0 Å². The van der Waals surface area contributed by atoms with Crippen molar-refractivity contribution in [2.45, 2.75) is 57.5 Å². The van der Waals surface area contributed by atoms with Crippen molar-refractivity contribution in [3.8, 4) is 0 Å². The lowest BCUT2D eigenvalue weighted by Crippen LogP contribution is -2.47. The molecular formula is C20H29N3O2. The van der Waals surface area contributed by atoms with Gasteiger partial charge in [-0.05, 0) is 50.7 Å². The quantitative estimate of drug-likeness (QED) is 0.880. The summed E-state index contributed by atoms with van der Waals surface area (Å²) in [5, 5.41) is 3.14. The number of rotatable bonds is 4. The number of likely N-dealkylation sites (tertiary alicyclic amines) is 1. The number of benzene rings is 1. The molecule has 3 rings (SSSR count). The molecule has 2 fully saturated rings. The van der Waals surface area contributed by atoms with Crippen LogP contribution >= 0.6 is 0 Å². The molecule has 2 aliphatic rings. The summed E-state index contributed by atoms with van der Waals surface area (Å²) in [7, 11) is 0. The number of carbonyl (C=O) groups excluding carboxylic acids is 2. The Labute approximate surface area is 150 Å². The second kappa shape index (κ2) is 8.00. The maximum Gasteiger partial charge on any atom is 0.253 e. The SMILES string of the molecule is Cc1ccc(C(=O)N2CCC(NC(=O)C[C@@H]3CCC[C@H]3N)CC2)cc1. The standard InChI is InChI=1S/C20H29N3O2/c1-14-5-7-15(8-6-14)20(25)23-11-9-17(10-12-23)22-19(24)13-16-3-2-4-18(16)21/h5-8,16-18H,2-4,9-13,21H2,1H3,(H,22,24)/t16-,18+/m0/s1. The summed E-state index contributed by atoms with van der Waals surface area (Å²) in [5.41, 5.74) is 7.94. The first-order chi connectivity index (χ1) is 12.0. The Kier molecular flexibility index (Phi) is 5.74. The zero-order valence-corrected chi connectivity index (χ0v) is 15.0. The predicted molar refractivity (Wildman–Crippen MR) is 98.2 cm³/mol. The molecule has 0 aromatic heterocycles. The van der Waals surface area contributed by atoms with Gasteiger partial charge in [0.05, 0.1) is 0 Å². The van der Waals surface area contributed by atoms with Gasteiger partial charge in [0.25, 0.3) is 5.91 Å². The molecule has 1 saturated carbocycles. The summed E-state index contributed by atoms with van der Waals surface area (Å²) in [6.07, 6.45) is 5.43. The number of carbonyl (C=O) groups is 2. The van der Waals surface area contributed by atoms with E-state index in [0.717, 1.165) is 43.2 Å². The fourth-order valence-corrected chi connectivity index (χ4v) is 3.95. The van der Waals surface area contributed by atoms with Crippen LogP contribution in [0.25, 0.3) is 0 Å². The number of amides is 2. The predicted octanol–water partition coefficient (Wildman–Crippen LogP) is 2.23. The molecule has 1 aliphatic heterocycles. The van der Waals surface area contributed by atoms with E-state index in [1.807, 2.05) is 36.1 Å². The van der Waals surface area contributed by atoms with Crippen molar-refractivity contribution in [2.75, 3.05) is 13.1 Å². The highest BCUT2D eigenvalue weighted by Crippen LogP contribution is 2.26. The lowest BCUT2D eigenvalue weighted by atomic mass is 9.98. The van der Waals surface area contributed by atoms with Crippen LogP contribution in [-0.2, 0) is 4.79 Å². The van der Waals surface area contributed by atoms with Crippen LogP contribution in [-0.4, -0.2) is 41.9 Å². The van der Waals surface area contributed by atoms with Crippen molar-refractivity contribution < 1.29 is 9.59 Å².